The Morgan fingerprint density at radius 1 is 1.05 bits per heavy atom. The normalized spacial score (nSPS) is 11.1. The number of aliphatic imine (C=N–C) groups is 1. The second-order valence-corrected chi connectivity index (χ2v) is 6.08. The van der Waals surface area contributed by atoms with Crippen LogP contribution in [-0.4, -0.2) is 12.8 Å². The fourth-order valence-corrected chi connectivity index (χ4v) is 2.60. The Bertz CT molecular complexity index is 675. The van der Waals surface area contributed by atoms with Gasteiger partial charge in [0.2, 0.25) is 0 Å². The monoisotopic (exact) mass is 355 g/mol. The van der Waals surface area contributed by atoms with E-state index in [1.165, 1.54) is 0 Å². The van der Waals surface area contributed by atoms with Crippen LogP contribution in [0.5, 0.6) is 5.75 Å². The maximum absolute atomic E-state index is 6.21. The molecule has 0 aliphatic heterocycles. The highest BCUT2D eigenvalue weighted by Crippen LogP contribution is 2.34. The molecule has 5 heteroatoms. The van der Waals surface area contributed by atoms with E-state index in [9.17, 15) is 0 Å². The van der Waals surface area contributed by atoms with Gasteiger partial charge in [-0.3, -0.25) is 4.99 Å². The van der Waals surface area contributed by atoms with Crippen molar-refractivity contribution in [2.24, 2.45) is 4.99 Å². The lowest BCUT2D eigenvalue weighted by Crippen LogP contribution is -1.97. The van der Waals surface area contributed by atoms with Gasteiger partial charge >= 0.3 is 0 Å². The molecule has 2 nitrogen and oxygen atoms in total. The largest absolute Gasteiger partial charge is 0.490 e. The van der Waals surface area contributed by atoms with Crippen LogP contribution < -0.4 is 4.74 Å². The van der Waals surface area contributed by atoms with Crippen molar-refractivity contribution in [1.82, 2.24) is 0 Å². The zero-order valence-corrected chi connectivity index (χ0v) is 14.6. The van der Waals surface area contributed by atoms with E-state index in [0.717, 1.165) is 23.2 Å². The van der Waals surface area contributed by atoms with Gasteiger partial charge in [0, 0.05) is 11.2 Å². The second kappa shape index (κ2) is 7.87. The predicted octanol–water partition coefficient (Wildman–Crippen LogP) is 6.49. The number of halogens is 3. The molecule has 0 bridgehead atoms. The Hall–Kier alpha value is -1.22. The molecule has 0 aromatic heterocycles. The molecule has 0 fully saturated rings. The lowest BCUT2D eigenvalue weighted by molar-refractivity contribution is 0.318. The van der Waals surface area contributed by atoms with Crippen molar-refractivity contribution in [2.45, 2.75) is 20.3 Å². The molecule has 2 rings (SSSR count). The van der Waals surface area contributed by atoms with Gasteiger partial charge in [-0.2, -0.15) is 0 Å². The highest BCUT2D eigenvalue weighted by molar-refractivity contribution is 6.37. The van der Waals surface area contributed by atoms with Gasteiger partial charge in [-0.05, 0) is 48.7 Å². The lowest BCUT2D eigenvalue weighted by Gasteiger charge is -2.09. The summed E-state index contributed by atoms with van der Waals surface area (Å²) >= 11 is 18.5. The minimum Gasteiger partial charge on any atom is -0.490 e. The summed E-state index contributed by atoms with van der Waals surface area (Å²) in [5.41, 5.74) is 2.59. The molecule has 2 aromatic rings. The first-order valence-electron chi connectivity index (χ1n) is 6.93. The van der Waals surface area contributed by atoms with E-state index in [1.807, 2.05) is 32.0 Å². The molecule has 0 N–H and O–H groups in total. The molecule has 0 radical (unpaired) electrons. The van der Waals surface area contributed by atoms with Gasteiger partial charge in [-0.25, -0.2) is 0 Å². The van der Waals surface area contributed by atoms with Gasteiger partial charge in [0.15, 0.2) is 5.75 Å². The summed E-state index contributed by atoms with van der Waals surface area (Å²) in [6.45, 7) is 4.55. The van der Waals surface area contributed by atoms with Gasteiger partial charge < -0.3 is 4.74 Å². The minimum atomic E-state index is 0.476. The Labute approximate surface area is 145 Å². The molecule has 0 saturated heterocycles. The molecule has 0 saturated carbocycles. The molecule has 0 spiro atoms. The summed E-state index contributed by atoms with van der Waals surface area (Å²) in [6.07, 6.45) is 2.59. The highest BCUT2D eigenvalue weighted by atomic mass is 35.5. The molecule has 0 aliphatic carbocycles. The van der Waals surface area contributed by atoms with Crippen molar-refractivity contribution in [3.05, 3.63) is 56.5 Å². The van der Waals surface area contributed by atoms with Crippen LogP contribution in [0.25, 0.3) is 0 Å². The molecule has 0 aliphatic rings. The van der Waals surface area contributed by atoms with Crippen LogP contribution in [0.3, 0.4) is 0 Å². The summed E-state index contributed by atoms with van der Waals surface area (Å²) in [5, 5.41) is 1.64. The van der Waals surface area contributed by atoms with E-state index in [0.29, 0.717) is 27.4 Å². The minimum absolute atomic E-state index is 0.476. The Morgan fingerprint density at radius 2 is 1.73 bits per heavy atom. The Morgan fingerprint density at radius 3 is 2.32 bits per heavy atom. The second-order valence-electron chi connectivity index (χ2n) is 4.85. The van der Waals surface area contributed by atoms with Crippen molar-refractivity contribution in [3.8, 4) is 5.75 Å². The smallest absolute Gasteiger partial charge is 0.156 e. The summed E-state index contributed by atoms with van der Waals surface area (Å²) in [7, 11) is 0. The van der Waals surface area contributed by atoms with Crippen LogP contribution in [0.2, 0.25) is 15.1 Å². The summed E-state index contributed by atoms with van der Waals surface area (Å²) < 4.78 is 5.54. The molecule has 2 aromatic carbocycles. The van der Waals surface area contributed by atoms with E-state index in [2.05, 4.69) is 4.99 Å². The van der Waals surface area contributed by atoms with Crippen molar-refractivity contribution in [2.75, 3.05) is 6.61 Å². The average molecular weight is 357 g/mol. The first-order chi connectivity index (χ1) is 10.5. The molecule has 0 heterocycles. The third-order valence-corrected chi connectivity index (χ3v) is 3.96. The van der Waals surface area contributed by atoms with Crippen molar-refractivity contribution in [3.63, 3.8) is 0 Å². The van der Waals surface area contributed by atoms with Crippen molar-refractivity contribution < 1.29 is 4.74 Å². The maximum Gasteiger partial charge on any atom is 0.156 e. The van der Waals surface area contributed by atoms with E-state index in [4.69, 9.17) is 39.5 Å². The third-order valence-electron chi connectivity index (χ3n) is 2.99. The van der Waals surface area contributed by atoms with Crippen LogP contribution in [-0.2, 0) is 0 Å². The third kappa shape index (κ3) is 4.39. The molecule has 116 valence electrons. The number of aryl methyl sites for hydroxylation is 1. The summed E-state index contributed by atoms with van der Waals surface area (Å²) in [6, 6.07) is 9.20. The van der Waals surface area contributed by atoms with Crippen LogP contribution in [0.15, 0.2) is 35.3 Å². The van der Waals surface area contributed by atoms with Crippen molar-refractivity contribution >= 4 is 46.7 Å². The van der Waals surface area contributed by atoms with Crippen LogP contribution in [0.4, 0.5) is 5.69 Å². The molecule has 0 unspecified atom stereocenters. The van der Waals surface area contributed by atoms with Crippen LogP contribution >= 0.6 is 34.8 Å². The molecule has 22 heavy (non-hydrogen) atoms. The Balaban J connectivity index is 2.22. The van der Waals surface area contributed by atoms with E-state index in [-0.39, 0.29) is 0 Å². The van der Waals surface area contributed by atoms with Crippen LogP contribution in [0, 0.1) is 6.92 Å². The first-order valence-corrected chi connectivity index (χ1v) is 8.06. The van der Waals surface area contributed by atoms with Gasteiger partial charge in [0.1, 0.15) is 0 Å². The number of rotatable bonds is 5. The summed E-state index contributed by atoms with van der Waals surface area (Å²) in [4.78, 5) is 4.38. The van der Waals surface area contributed by atoms with Gasteiger partial charge in [-0.15, -0.1) is 0 Å². The van der Waals surface area contributed by atoms with Gasteiger partial charge in [0.05, 0.1) is 22.3 Å². The predicted molar refractivity (Wildman–Crippen MR) is 95.7 cm³/mol. The number of hydrogen-bond donors (Lipinski definition) is 0. The van der Waals surface area contributed by atoms with Gasteiger partial charge in [0.25, 0.3) is 0 Å². The standard InChI is InChI=1S/C17H16Cl3NO/c1-3-6-22-17-15(19)7-12(8-16(17)20)10-21-13-5-4-11(2)14(18)9-13/h4-5,7-10H,3,6H2,1-2H3. The topological polar surface area (TPSA) is 21.6 Å². The highest BCUT2D eigenvalue weighted by Gasteiger charge is 2.08. The van der Waals surface area contributed by atoms with E-state index < -0.39 is 0 Å². The zero-order chi connectivity index (χ0) is 16.1. The van der Waals surface area contributed by atoms with E-state index in [1.54, 1.807) is 18.3 Å². The van der Waals surface area contributed by atoms with Crippen LogP contribution in [0.1, 0.15) is 24.5 Å². The number of benzene rings is 2. The molecule has 0 amide bonds. The lowest BCUT2D eigenvalue weighted by atomic mass is 10.2. The fourth-order valence-electron chi connectivity index (χ4n) is 1.81. The molecular formula is C17H16Cl3NO. The first kappa shape index (κ1) is 17.1. The molecular weight excluding hydrogens is 341 g/mol. The fraction of sp³-hybridized carbons (Fsp3) is 0.235. The number of ether oxygens (including phenoxy) is 1. The van der Waals surface area contributed by atoms with Crippen molar-refractivity contribution in [1.29, 1.82) is 0 Å². The van der Waals surface area contributed by atoms with Gasteiger partial charge in [-0.1, -0.05) is 47.8 Å². The SMILES string of the molecule is CCCOc1c(Cl)cc(C=Nc2ccc(C)c(Cl)c2)cc1Cl. The Kier molecular flexibility index (Phi) is 6.13. The quantitative estimate of drug-likeness (QED) is 0.561. The molecule has 0 atom stereocenters. The summed E-state index contributed by atoms with van der Waals surface area (Å²) in [5.74, 6) is 0.515. The average Bonchev–Trinajstić information content (AvgIpc) is 2.48. The zero-order valence-electron chi connectivity index (χ0n) is 12.4. The number of hydrogen-bond acceptors (Lipinski definition) is 2. The number of nitrogens with zero attached hydrogens (tertiary/aromatic N) is 1. The maximum atomic E-state index is 6.21. The van der Waals surface area contributed by atoms with E-state index >= 15 is 0 Å².